The minimum Gasteiger partial charge on any atom is -0.400 e. The van der Waals surface area contributed by atoms with Gasteiger partial charge in [-0.3, -0.25) is 0 Å². The minimum atomic E-state index is -1.59. The van der Waals surface area contributed by atoms with E-state index in [9.17, 15) is 0 Å². The third-order valence-electron chi connectivity index (χ3n) is 4.17. The Labute approximate surface area is 126 Å². The van der Waals surface area contributed by atoms with Crippen LogP contribution in [0.2, 0.25) is 5.54 Å². The molecule has 0 amide bonds. The summed E-state index contributed by atoms with van der Waals surface area (Å²) >= 11 is 0. The lowest BCUT2D eigenvalue weighted by Crippen LogP contribution is -2.29. The summed E-state index contributed by atoms with van der Waals surface area (Å²) in [6.45, 7) is 4.57. The first-order valence-corrected chi connectivity index (χ1v) is 9.46. The van der Waals surface area contributed by atoms with Gasteiger partial charge in [-0.05, 0) is 17.9 Å². The van der Waals surface area contributed by atoms with E-state index in [1.165, 1.54) is 37.7 Å². The first-order valence-electron chi connectivity index (χ1n) is 7.85. The molecule has 0 bridgehead atoms. The van der Waals surface area contributed by atoms with Crippen LogP contribution in [0.3, 0.4) is 0 Å². The molecule has 2 atom stereocenters. The molecule has 2 unspecified atom stereocenters. The van der Waals surface area contributed by atoms with Gasteiger partial charge in [0.2, 0.25) is 0 Å². The molecule has 2 nitrogen and oxygen atoms in total. The molecule has 0 fully saturated rings. The first-order chi connectivity index (χ1) is 9.74. The second-order valence-corrected chi connectivity index (χ2v) is 8.09. The fourth-order valence-electron chi connectivity index (χ4n) is 2.88. The minimum absolute atomic E-state index is 0.509. The van der Waals surface area contributed by atoms with Crippen LogP contribution >= 0.6 is 0 Å². The van der Waals surface area contributed by atoms with Crippen molar-refractivity contribution in [1.82, 2.24) is 0 Å². The van der Waals surface area contributed by atoms with E-state index in [1.54, 1.807) is 14.2 Å². The lowest BCUT2D eigenvalue weighted by molar-refractivity contribution is 0.255. The van der Waals surface area contributed by atoms with Crippen LogP contribution in [0, 0.1) is 0 Å². The average molecular weight is 295 g/mol. The van der Waals surface area contributed by atoms with Crippen LogP contribution in [0.4, 0.5) is 0 Å². The van der Waals surface area contributed by atoms with Crippen LogP contribution in [0.1, 0.15) is 57.4 Å². The van der Waals surface area contributed by atoms with Crippen molar-refractivity contribution in [2.75, 3.05) is 14.2 Å². The summed E-state index contributed by atoms with van der Waals surface area (Å²) in [5.41, 5.74) is 1.95. The van der Waals surface area contributed by atoms with Crippen LogP contribution in [0.25, 0.3) is 0 Å². The molecule has 1 aromatic carbocycles. The Morgan fingerprint density at radius 3 is 2.20 bits per heavy atom. The first kappa shape index (κ1) is 17.4. The largest absolute Gasteiger partial charge is 0.400 e. The summed E-state index contributed by atoms with van der Waals surface area (Å²) in [6, 6.07) is 10.8. The highest BCUT2D eigenvalue weighted by atomic mass is 28.3. The van der Waals surface area contributed by atoms with Gasteiger partial charge in [-0.25, -0.2) is 0 Å². The lowest BCUT2D eigenvalue weighted by atomic mass is 9.94. The maximum Gasteiger partial charge on any atom is 0.324 e. The normalized spacial score (nSPS) is 14.4. The summed E-state index contributed by atoms with van der Waals surface area (Å²) in [5, 5.41) is 0. The maximum atomic E-state index is 5.68. The fraction of sp³-hybridized carbons (Fsp3) is 0.647. The molecule has 0 spiro atoms. The van der Waals surface area contributed by atoms with Crippen molar-refractivity contribution in [3.05, 3.63) is 35.9 Å². The molecule has 0 saturated carbocycles. The molecule has 0 aliphatic rings. The second kappa shape index (κ2) is 10.1. The molecule has 0 aliphatic carbocycles. The Balaban J connectivity index is 2.70. The zero-order valence-corrected chi connectivity index (χ0v) is 14.6. The van der Waals surface area contributed by atoms with Gasteiger partial charge in [-0.2, -0.15) is 0 Å². The molecule has 1 rings (SSSR count). The fourth-order valence-corrected chi connectivity index (χ4v) is 4.97. The van der Waals surface area contributed by atoms with Crippen LogP contribution in [0.15, 0.2) is 30.3 Å². The summed E-state index contributed by atoms with van der Waals surface area (Å²) in [5.74, 6) is 0.509. The van der Waals surface area contributed by atoms with Crippen molar-refractivity contribution in [1.29, 1.82) is 0 Å². The number of benzene rings is 1. The number of hydrogen-bond acceptors (Lipinski definition) is 2. The lowest BCUT2D eigenvalue weighted by Gasteiger charge is -2.28. The van der Waals surface area contributed by atoms with Gasteiger partial charge in [0.25, 0.3) is 0 Å². The monoisotopic (exact) mass is 294 g/mol. The van der Waals surface area contributed by atoms with Crippen molar-refractivity contribution in [2.45, 2.75) is 57.4 Å². The van der Waals surface area contributed by atoms with E-state index in [1.807, 2.05) is 0 Å². The van der Waals surface area contributed by atoms with Gasteiger partial charge in [0, 0.05) is 19.8 Å². The maximum absolute atomic E-state index is 5.68. The van der Waals surface area contributed by atoms with Crippen LogP contribution in [-0.4, -0.2) is 23.5 Å². The second-order valence-electron chi connectivity index (χ2n) is 5.55. The number of rotatable bonds is 10. The predicted octanol–water partition coefficient (Wildman–Crippen LogP) is 4.64. The van der Waals surface area contributed by atoms with Gasteiger partial charge in [0.15, 0.2) is 0 Å². The molecule has 3 heteroatoms. The Bertz CT molecular complexity index is 338. The standard InChI is InChI=1S/C17H30O2Si/c1-5-6-7-11-14-17(20(18-3)19-4)15(2)16-12-9-8-10-13-16/h8-10,12-13,15,17,20H,5-7,11,14H2,1-4H3. The van der Waals surface area contributed by atoms with E-state index in [0.717, 1.165) is 0 Å². The van der Waals surface area contributed by atoms with Crippen molar-refractivity contribution in [3.63, 3.8) is 0 Å². The summed E-state index contributed by atoms with van der Waals surface area (Å²) in [4.78, 5) is 0. The van der Waals surface area contributed by atoms with Gasteiger partial charge in [0.1, 0.15) is 0 Å². The van der Waals surface area contributed by atoms with E-state index in [4.69, 9.17) is 8.85 Å². The molecular weight excluding hydrogens is 264 g/mol. The molecule has 0 saturated heterocycles. The smallest absolute Gasteiger partial charge is 0.324 e. The van der Waals surface area contributed by atoms with Gasteiger partial charge in [-0.15, -0.1) is 0 Å². The zero-order valence-electron chi connectivity index (χ0n) is 13.5. The molecule has 0 aromatic heterocycles. The summed E-state index contributed by atoms with van der Waals surface area (Å²) < 4.78 is 11.4. The summed E-state index contributed by atoms with van der Waals surface area (Å²) in [7, 11) is 2.02. The molecule has 114 valence electrons. The topological polar surface area (TPSA) is 18.5 Å². The van der Waals surface area contributed by atoms with Crippen molar-refractivity contribution in [3.8, 4) is 0 Å². The van der Waals surface area contributed by atoms with Gasteiger partial charge in [-0.1, -0.05) is 69.9 Å². The molecule has 0 N–H and O–H groups in total. The molecule has 1 aromatic rings. The van der Waals surface area contributed by atoms with Crippen molar-refractivity contribution in [2.24, 2.45) is 0 Å². The number of unbranched alkanes of at least 4 members (excludes halogenated alkanes) is 3. The Hall–Kier alpha value is -0.643. The molecular formula is C17H30O2Si. The SMILES string of the molecule is CCCCCCC(C(C)c1ccccc1)[SiH](OC)OC. The van der Waals surface area contributed by atoms with E-state index in [2.05, 4.69) is 44.2 Å². The molecule has 0 heterocycles. The van der Waals surface area contributed by atoms with Gasteiger partial charge >= 0.3 is 9.28 Å². The average Bonchev–Trinajstić information content (AvgIpc) is 2.51. The van der Waals surface area contributed by atoms with E-state index >= 15 is 0 Å². The number of hydrogen-bond donors (Lipinski definition) is 0. The van der Waals surface area contributed by atoms with Crippen LogP contribution < -0.4 is 0 Å². The third-order valence-corrected chi connectivity index (χ3v) is 6.71. The Morgan fingerprint density at radius 1 is 1.00 bits per heavy atom. The Morgan fingerprint density at radius 2 is 1.65 bits per heavy atom. The zero-order chi connectivity index (χ0) is 14.8. The van der Waals surface area contributed by atoms with Crippen LogP contribution in [0.5, 0.6) is 0 Å². The van der Waals surface area contributed by atoms with E-state index < -0.39 is 9.28 Å². The third kappa shape index (κ3) is 5.39. The van der Waals surface area contributed by atoms with Gasteiger partial charge in [0.05, 0.1) is 0 Å². The molecule has 0 aliphatic heterocycles. The van der Waals surface area contributed by atoms with Crippen molar-refractivity contribution >= 4 is 9.28 Å². The highest BCUT2D eigenvalue weighted by Crippen LogP contribution is 2.36. The van der Waals surface area contributed by atoms with E-state index in [0.29, 0.717) is 11.5 Å². The predicted molar refractivity (Wildman–Crippen MR) is 88.5 cm³/mol. The highest BCUT2D eigenvalue weighted by Gasteiger charge is 2.30. The van der Waals surface area contributed by atoms with E-state index in [-0.39, 0.29) is 0 Å². The summed E-state index contributed by atoms with van der Waals surface area (Å²) in [6.07, 6.45) is 6.44. The highest BCUT2D eigenvalue weighted by molar-refractivity contribution is 6.46. The molecule has 0 radical (unpaired) electrons. The van der Waals surface area contributed by atoms with Gasteiger partial charge < -0.3 is 8.85 Å². The van der Waals surface area contributed by atoms with Crippen molar-refractivity contribution < 1.29 is 8.85 Å². The Kier molecular flexibility index (Phi) is 8.82. The quantitative estimate of drug-likeness (QED) is 0.462. The van der Waals surface area contributed by atoms with Crippen LogP contribution in [-0.2, 0) is 8.85 Å². The molecule has 20 heavy (non-hydrogen) atoms.